The second-order valence-corrected chi connectivity index (χ2v) is 5.37. The van der Waals surface area contributed by atoms with Crippen molar-refractivity contribution in [2.45, 2.75) is 52.4 Å². The van der Waals surface area contributed by atoms with Gasteiger partial charge in [-0.05, 0) is 42.7 Å². The third-order valence-electron chi connectivity index (χ3n) is 3.02. The summed E-state index contributed by atoms with van der Waals surface area (Å²) in [6, 6.07) is 8.84. The Balaban J connectivity index is 2.24. The van der Waals surface area contributed by atoms with E-state index in [1.54, 1.807) is 0 Å². The molecule has 100 valence electrons. The molecule has 0 aromatic heterocycles. The molecule has 0 aliphatic rings. The van der Waals surface area contributed by atoms with Crippen LogP contribution in [0.25, 0.3) is 0 Å². The lowest BCUT2D eigenvalue weighted by Gasteiger charge is -2.06. The average molecular weight is 248 g/mol. The number of rotatable bonds is 8. The number of carboxylic acid groups (broad SMARTS) is 1. The van der Waals surface area contributed by atoms with Gasteiger partial charge < -0.3 is 5.11 Å². The van der Waals surface area contributed by atoms with E-state index < -0.39 is 5.97 Å². The van der Waals surface area contributed by atoms with E-state index in [9.17, 15) is 4.79 Å². The molecule has 1 N–H and O–H groups in total. The van der Waals surface area contributed by atoms with Crippen molar-refractivity contribution < 1.29 is 9.90 Å². The van der Waals surface area contributed by atoms with Crippen LogP contribution in [0.15, 0.2) is 24.3 Å². The Morgan fingerprint density at radius 2 is 1.67 bits per heavy atom. The summed E-state index contributed by atoms with van der Waals surface area (Å²) < 4.78 is 0. The fourth-order valence-corrected chi connectivity index (χ4v) is 2.10. The maximum absolute atomic E-state index is 10.4. The van der Waals surface area contributed by atoms with Crippen molar-refractivity contribution in [1.29, 1.82) is 0 Å². The summed E-state index contributed by atoms with van der Waals surface area (Å²) in [5, 5.41) is 8.53. The van der Waals surface area contributed by atoms with Crippen LogP contribution in [-0.4, -0.2) is 11.1 Å². The number of aryl methyl sites for hydroxylation is 1. The Labute approximate surface area is 110 Å². The molecule has 0 spiro atoms. The lowest BCUT2D eigenvalue weighted by Crippen LogP contribution is -1.95. The molecule has 1 aromatic carbocycles. The second-order valence-electron chi connectivity index (χ2n) is 5.37. The highest BCUT2D eigenvalue weighted by molar-refractivity contribution is 5.66. The van der Waals surface area contributed by atoms with Crippen LogP contribution in [0.2, 0.25) is 0 Å². The van der Waals surface area contributed by atoms with Gasteiger partial charge in [-0.1, -0.05) is 44.5 Å². The van der Waals surface area contributed by atoms with E-state index in [-0.39, 0.29) is 0 Å². The monoisotopic (exact) mass is 248 g/mol. The Hall–Kier alpha value is -1.31. The summed E-state index contributed by atoms with van der Waals surface area (Å²) in [4.78, 5) is 10.4. The molecule has 1 aromatic rings. The van der Waals surface area contributed by atoms with Gasteiger partial charge in [0.1, 0.15) is 0 Å². The maximum atomic E-state index is 10.4. The van der Waals surface area contributed by atoms with Crippen LogP contribution >= 0.6 is 0 Å². The minimum atomic E-state index is -0.687. The molecule has 0 unspecified atom stereocenters. The summed E-state index contributed by atoms with van der Waals surface area (Å²) in [6.07, 6.45) is 5.37. The van der Waals surface area contributed by atoms with E-state index in [0.29, 0.717) is 12.3 Å². The third-order valence-corrected chi connectivity index (χ3v) is 3.02. The molecule has 2 nitrogen and oxygen atoms in total. The van der Waals surface area contributed by atoms with E-state index in [1.165, 1.54) is 11.1 Å². The summed E-state index contributed by atoms with van der Waals surface area (Å²) in [5.41, 5.74) is 2.76. The first-order valence-electron chi connectivity index (χ1n) is 6.87. The molecular weight excluding hydrogens is 224 g/mol. The molecular formula is C16H24O2. The van der Waals surface area contributed by atoms with Crippen molar-refractivity contribution >= 4 is 5.97 Å². The van der Waals surface area contributed by atoms with Gasteiger partial charge in [-0.3, -0.25) is 4.79 Å². The SMILES string of the molecule is CC(C)Cc1ccc(CCCCCC(=O)O)cc1. The van der Waals surface area contributed by atoms with Crippen molar-refractivity contribution in [3.63, 3.8) is 0 Å². The van der Waals surface area contributed by atoms with E-state index in [2.05, 4.69) is 38.1 Å². The highest BCUT2D eigenvalue weighted by Gasteiger charge is 2.00. The van der Waals surface area contributed by atoms with Crippen molar-refractivity contribution in [1.82, 2.24) is 0 Å². The fraction of sp³-hybridized carbons (Fsp3) is 0.562. The van der Waals surface area contributed by atoms with E-state index in [0.717, 1.165) is 32.1 Å². The van der Waals surface area contributed by atoms with E-state index >= 15 is 0 Å². The third kappa shape index (κ3) is 6.43. The smallest absolute Gasteiger partial charge is 0.303 e. The first kappa shape index (κ1) is 14.7. The minimum absolute atomic E-state index is 0.299. The first-order chi connectivity index (χ1) is 8.58. The Morgan fingerprint density at radius 1 is 1.06 bits per heavy atom. The number of carbonyl (C=O) groups is 1. The van der Waals surface area contributed by atoms with Crippen LogP contribution in [0.5, 0.6) is 0 Å². The Kier molecular flexibility index (Phi) is 6.48. The number of carboxylic acids is 1. The molecule has 0 aliphatic carbocycles. The number of aliphatic carboxylic acids is 1. The van der Waals surface area contributed by atoms with Crippen molar-refractivity contribution in [2.24, 2.45) is 5.92 Å². The molecule has 0 aliphatic heterocycles. The van der Waals surface area contributed by atoms with Gasteiger partial charge in [0.15, 0.2) is 0 Å². The molecule has 1 rings (SSSR count). The number of hydrogen-bond donors (Lipinski definition) is 1. The van der Waals surface area contributed by atoms with E-state index in [4.69, 9.17) is 5.11 Å². The van der Waals surface area contributed by atoms with Crippen LogP contribution in [0.1, 0.15) is 50.7 Å². The maximum Gasteiger partial charge on any atom is 0.303 e. The standard InChI is InChI=1S/C16H24O2/c1-13(2)12-15-10-8-14(9-11-15)6-4-3-5-7-16(17)18/h8-11,13H,3-7,12H2,1-2H3,(H,17,18). The summed E-state index contributed by atoms with van der Waals surface area (Å²) >= 11 is 0. The summed E-state index contributed by atoms with van der Waals surface area (Å²) in [7, 11) is 0. The van der Waals surface area contributed by atoms with Gasteiger partial charge in [0.05, 0.1) is 0 Å². The van der Waals surface area contributed by atoms with Gasteiger partial charge in [0.25, 0.3) is 0 Å². The van der Waals surface area contributed by atoms with Gasteiger partial charge in [-0.15, -0.1) is 0 Å². The van der Waals surface area contributed by atoms with Crippen molar-refractivity contribution in [3.05, 3.63) is 35.4 Å². The minimum Gasteiger partial charge on any atom is -0.481 e. The zero-order valence-electron chi connectivity index (χ0n) is 11.5. The molecule has 0 heterocycles. The molecule has 18 heavy (non-hydrogen) atoms. The predicted molar refractivity (Wildman–Crippen MR) is 74.8 cm³/mol. The summed E-state index contributed by atoms with van der Waals surface area (Å²) in [6.45, 7) is 4.47. The molecule has 0 saturated heterocycles. The Morgan fingerprint density at radius 3 is 2.22 bits per heavy atom. The quantitative estimate of drug-likeness (QED) is 0.704. The normalized spacial score (nSPS) is 10.8. The molecule has 0 fully saturated rings. The zero-order chi connectivity index (χ0) is 13.4. The second kappa shape index (κ2) is 7.91. The fourth-order valence-electron chi connectivity index (χ4n) is 2.10. The highest BCUT2D eigenvalue weighted by atomic mass is 16.4. The van der Waals surface area contributed by atoms with Crippen LogP contribution in [0, 0.1) is 5.92 Å². The number of unbranched alkanes of at least 4 members (excludes halogenated alkanes) is 2. The van der Waals surface area contributed by atoms with Crippen molar-refractivity contribution in [3.8, 4) is 0 Å². The van der Waals surface area contributed by atoms with Gasteiger partial charge in [-0.2, -0.15) is 0 Å². The molecule has 2 heteroatoms. The van der Waals surface area contributed by atoms with Gasteiger partial charge >= 0.3 is 5.97 Å². The lowest BCUT2D eigenvalue weighted by molar-refractivity contribution is -0.137. The predicted octanol–water partition coefficient (Wildman–Crippen LogP) is 4.07. The van der Waals surface area contributed by atoms with Crippen molar-refractivity contribution in [2.75, 3.05) is 0 Å². The van der Waals surface area contributed by atoms with E-state index in [1.807, 2.05) is 0 Å². The van der Waals surface area contributed by atoms with Gasteiger partial charge in [0.2, 0.25) is 0 Å². The van der Waals surface area contributed by atoms with Crippen LogP contribution in [0.4, 0.5) is 0 Å². The molecule has 0 saturated carbocycles. The highest BCUT2D eigenvalue weighted by Crippen LogP contribution is 2.12. The Bertz CT molecular complexity index is 352. The van der Waals surface area contributed by atoms with Crippen LogP contribution in [0.3, 0.4) is 0 Å². The summed E-state index contributed by atoms with van der Waals surface area (Å²) in [5.74, 6) is 0.0138. The number of benzene rings is 1. The number of hydrogen-bond acceptors (Lipinski definition) is 1. The molecule has 0 radical (unpaired) electrons. The lowest BCUT2D eigenvalue weighted by atomic mass is 10.00. The van der Waals surface area contributed by atoms with Crippen LogP contribution in [-0.2, 0) is 17.6 Å². The average Bonchev–Trinajstić information content (AvgIpc) is 2.30. The first-order valence-corrected chi connectivity index (χ1v) is 6.87. The molecule has 0 bridgehead atoms. The van der Waals surface area contributed by atoms with Gasteiger partial charge in [-0.25, -0.2) is 0 Å². The largest absolute Gasteiger partial charge is 0.481 e. The molecule has 0 amide bonds. The topological polar surface area (TPSA) is 37.3 Å². The zero-order valence-corrected chi connectivity index (χ0v) is 11.5. The van der Waals surface area contributed by atoms with Gasteiger partial charge in [0, 0.05) is 6.42 Å². The van der Waals surface area contributed by atoms with Crippen LogP contribution < -0.4 is 0 Å². The molecule has 0 atom stereocenters.